The van der Waals surface area contributed by atoms with Crippen molar-refractivity contribution in [1.29, 1.82) is 0 Å². The summed E-state index contributed by atoms with van der Waals surface area (Å²) in [5, 5.41) is 12.1. The number of carboxylic acids is 1. The lowest BCUT2D eigenvalue weighted by molar-refractivity contribution is -0.151. The predicted molar refractivity (Wildman–Crippen MR) is 100 cm³/mol. The van der Waals surface area contributed by atoms with Gasteiger partial charge in [0.2, 0.25) is 5.91 Å². The van der Waals surface area contributed by atoms with Gasteiger partial charge in [-0.3, -0.25) is 9.59 Å². The highest BCUT2D eigenvalue weighted by Crippen LogP contribution is 2.24. The minimum atomic E-state index is -0.987. The van der Waals surface area contributed by atoms with E-state index in [0.29, 0.717) is 24.9 Å². The average Bonchev–Trinajstić information content (AvgIpc) is 2.70. The number of nitrogens with zero attached hydrogens (tertiary/aromatic N) is 1. The van der Waals surface area contributed by atoms with Crippen molar-refractivity contribution in [2.45, 2.75) is 31.8 Å². The number of rotatable bonds is 5. The Balaban J connectivity index is 1.71. The van der Waals surface area contributed by atoms with Crippen LogP contribution >= 0.6 is 0 Å². The Morgan fingerprint density at radius 3 is 2.56 bits per heavy atom. The van der Waals surface area contributed by atoms with Crippen LogP contribution in [0, 0.1) is 0 Å². The van der Waals surface area contributed by atoms with Gasteiger partial charge in [-0.05, 0) is 35.2 Å². The largest absolute Gasteiger partial charge is 0.480 e. The fourth-order valence-corrected chi connectivity index (χ4v) is 3.41. The summed E-state index contributed by atoms with van der Waals surface area (Å²) in [7, 11) is 1.57. The van der Waals surface area contributed by atoms with Gasteiger partial charge < -0.3 is 15.3 Å². The molecule has 1 aliphatic rings. The van der Waals surface area contributed by atoms with Crippen molar-refractivity contribution >= 4 is 17.8 Å². The van der Waals surface area contributed by atoms with Crippen LogP contribution in [-0.4, -0.2) is 40.9 Å². The Morgan fingerprint density at radius 1 is 1.11 bits per heavy atom. The number of carboxylic acid groups (broad SMARTS) is 1. The topological polar surface area (TPSA) is 86.7 Å². The summed E-state index contributed by atoms with van der Waals surface area (Å²) in [5.41, 5.74) is 3.38. The quantitative estimate of drug-likeness (QED) is 0.848. The Morgan fingerprint density at radius 2 is 1.85 bits per heavy atom. The summed E-state index contributed by atoms with van der Waals surface area (Å²) < 4.78 is 0. The normalized spacial score (nSPS) is 15.7. The molecule has 6 heteroatoms. The molecule has 27 heavy (non-hydrogen) atoms. The summed E-state index contributed by atoms with van der Waals surface area (Å²) in [6, 6.07) is 13.9. The third-order valence-corrected chi connectivity index (χ3v) is 4.90. The van der Waals surface area contributed by atoms with Gasteiger partial charge in [-0.25, -0.2) is 4.79 Å². The molecule has 1 unspecified atom stereocenters. The van der Waals surface area contributed by atoms with E-state index in [1.54, 1.807) is 25.2 Å². The molecule has 2 amide bonds. The first-order valence-electron chi connectivity index (χ1n) is 8.89. The van der Waals surface area contributed by atoms with Crippen molar-refractivity contribution in [1.82, 2.24) is 10.2 Å². The van der Waals surface area contributed by atoms with Crippen LogP contribution in [0.4, 0.5) is 0 Å². The molecule has 0 fully saturated rings. The number of nitrogens with one attached hydrogen (secondary N) is 1. The number of amides is 2. The molecule has 0 spiro atoms. The molecule has 0 saturated heterocycles. The molecule has 3 rings (SSSR count). The maximum atomic E-state index is 12.8. The number of hydrogen-bond donors (Lipinski definition) is 2. The Kier molecular flexibility index (Phi) is 5.54. The zero-order valence-corrected chi connectivity index (χ0v) is 15.1. The van der Waals surface area contributed by atoms with Crippen LogP contribution in [0.1, 0.15) is 33.5 Å². The Labute approximate surface area is 157 Å². The van der Waals surface area contributed by atoms with Crippen LogP contribution in [0.5, 0.6) is 0 Å². The third kappa shape index (κ3) is 4.16. The van der Waals surface area contributed by atoms with Crippen LogP contribution in [0.15, 0.2) is 48.5 Å². The lowest BCUT2D eigenvalue weighted by Gasteiger charge is -2.34. The number of fused-ring (bicyclic) bond motifs is 1. The lowest BCUT2D eigenvalue weighted by Crippen LogP contribution is -2.48. The number of benzene rings is 2. The molecule has 6 nitrogen and oxygen atoms in total. The van der Waals surface area contributed by atoms with Gasteiger partial charge in [0.1, 0.15) is 6.04 Å². The summed E-state index contributed by atoms with van der Waals surface area (Å²) in [6.07, 6.45) is 0.973. The lowest BCUT2D eigenvalue weighted by atomic mass is 9.93. The number of aliphatic carboxylic acids is 1. The SMILES string of the molecule is CNC(=O)c1cccc(CCC(=O)N2Cc3ccccc3CC2C(=O)O)c1. The summed E-state index contributed by atoms with van der Waals surface area (Å²) in [4.78, 5) is 37.6. The van der Waals surface area contributed by atoms with Crippen LogP contribution in [0.2, 0.25) is 0 Å². The Bertz CT molecular complexity index is 878. The van der Waals surface area contributed by atoms with E-state index in [4.69, 9.17) is 0 Å². The van der Waals surface area contributed by atoms with E-state index in [2.05, 4.69) is 5.32 Å². The van der Waals surface area contributed by atoms with Crippen molar-refractivity contribution < 1.29 is 19.5 Å². The van der Waals surface area contributed by atoms with E-state index in [1.165, 1.54) is 4.90 Å². The first kappa shape index (κ1) is 18.6. The molecule has 2 aromatic rings. The molecular weight excluding hydrogens is 344 g/mol. The number of carbonyl (C=O) groups excluding carboxylic acids is 2. The van der Waals surface area contributed by atoms with Gasteiger partial charge in [0.15, 0.2) is 0 Å². The molecule has 0 bridgehead atoms. The zero-order chi connectivity index (χ0) is 19.4. The van der Waals surface area contributed by atoms with Gasteiger partial charge in [0.25, 0.3) is 5.91 Å². The molecule has 140 valence electrons. The minimum absolute atomic E-state index is 0.179. The first-order chi connectivity index (χ1) is 13.0. The number of carbonyl (C=O) groups is 3. The van der Waals surface area contributed by atoms with E-state index in [1.807, 2.05) is 30.3 Å². The fourth-order valence-electron chi connectivity index (χ4n) is 3.41. The van der Waals surface area contributed by atoms with Crippen LogP contribution in [0.25, 0.3) is 0 Å². The third-order valence-electron chi connectivity index (χ3n) is 4.90. The smallest absolute Gasteiger partial charge is 0.326 e. The van der Waals surface area contributed by atoms with E-state index in [9.17, 15) is 19.5 Å². The van der Waals surface area contributed by atoms with Crippen molar-refractivity contribution in [3.05, 3.63) is 70.8 Å². The highest BCUT2D eigenvalue weighted by molar-refractivity contribution is 5.94. The van der Waals surface area contributed by atoms with Gasteiger partial charge in [-0.2, -0.15) is 0 Å². The van der Waals surface area contributed by atoms with Crippen LogP contribution < -0.4 is 5.32 Å². The van der Waals surface area contributed by atoms with Crippen LogP contribution in [-0.2, 0) is 29.0 Å². The molecule has 2 aromatic carbocycles. The molecule has 2 N–H and O–H groups in total. The molecule has 1 aliphatic heterocycles. The van der Waals surface area contributed by atoms with Gasteiger partial charge >= 0.3 is 5.97 Å². The molecule has 0 aromatic heterocycles. The van der Waals surface area contributed by atoms with Crippen molar-refractivity contribution in [2.24, 2.45) is 0 Å². The van der Waals surface area contributed by atoms with E-state index in [0.717, 1.165) is 16.7 Å². The maximum Gasteiger partial charge on any atom is 0.326 e. The summed E-state index contributed by atoms with van der Waals surface area (Å²) in [5.74, 6) is -1.36. The molecule has 0 radical (unpaired) electrons. The van der Waals surface area contributed by atoms with E-state index >= 15 is 0 Å². The second kappa shape index (κ2) is 8.03. The highest BCUT2D eigenvalue weighted by Gasteiger charge is 2.34. The predicted octanol–water partition coefficient (Wildman–Crippen LogP) is 2.02. The summed E-state index contributed by atoms with van der Waals surface area (Å²) >= 11 is 0. The van der Waals surface area contributed by atoms with E-state index in [-0.39, 0.29) is 18.2 Å². The number of hydrogen-bond acceptors (Lipinski definition) is 3. The van der Waals surface area contributed by atoms with Crippen molar-refractivity contribution in [3.8, 4) is 0 Å². The monoisotopic (exact) mass is 366 g/mol. The van der Waals surface area contributed by atoms with Crippen molar-refractivity contribution in [3.63, 3.8) is 0 Å². The average molecular weight is 366 g/mol. The van der Waals surface area contributed by atoms with Gasteiger partial charge in [-0.15, -0.1) is 0 Å². The maximum absolute atomic E-state index is 12.8. The van der Waals surface area contributed by atoms with Gasteiger partial charge in [0, 0.05) is 32.0 Å². The second-order valence-corrected chi connectivity index (χ2v) is 6.63. The minimum Gasteiger partial charge on any atom is -0.480 e. The van der Waals surface area contributed by atoms with E-state index < -0.39 is 12.0 Å². The molecule has 1 atom stereocenters. The fraction of sp³-hybridized carbons (Fsp3) is 0.286. The second-order valence-electron chi connectivity index (χ2n) is 6.63. The number of aryl methyl sites for hydroxylation is 1. The van der Waals surface area contributed by atoms with Gasteiger partial charge in [-0.1, -0.05) is 36.4 Å². The molecule has 1 heterocycles. The Hall–Kier alpha value is -3.15. The molecule has 0 aliphatic carbocycles. The van der Waals surface area contributed by atoms with Crippen molar-refractivity contribution in [2.75, 3.05) is 7.05 Å². The first-order valence-corrected chi connectivity index (χ1v) is 8.89. The summed E-state index contributed by atoms with van der Waals surface area (Å²) in [6.45, 7) is 0.310. The van der Waals surface area contributed by atoms with Gasteiger partial charge in [0.05, 0.1) is 0 Å². The zero-order valence-electron chi connectivity index (χ0n) is 15.1. The molecule has 0 saturated carbocycles. The molecular formula is C21H22N2O4. The highest BCUT2D eigenvalue weighted by atomic mass is 16.4. The standard InChI is InChI=1S/C21H22N2O4/c1-22-20(25)16-8-4-5-14(11-16)9-10-19(24)23-13-17-7-3-2-6-15(17)12-18(23)21(26)27/h2-8,11,18H,9-10,12-13H2,1H3,(H,22,25)(H,26,27). The van der Waals surface area contributed by atoms with Crippen LogP contribution in [0.3, 0.4) is 0 Å².